The first-order valence-electron chi connectivity index (χ1n) is 11.9. The second-order valence-electron chi connectivity index (χ2n) is 8.70. The lowest BCUT2D eigenvalue weighted by atomic mass is 10.0. The Bertz CT molecular complexity index is 1100. The maximum absolute atomic E-state index is 13.7. The standard InChI is InChI=1S/C29H33ClN2O3/c1-4-21(2)31-29(34)27(18-22-9-6-5-7-10-22)32(20-24-11-8-12-25(30)17-24)28(33)19-23-13-15-26(35-3)16-14-23/h5-17,21,27H,4,18-20H2,1-3H3,(H,31,34)/t21-,27+/m0/s1. The summed E-state index contributed by atoms with van der Waals surface area (Å²) in [6.07, 6.45) is 1.39. The molecule has 0 aliphatic rings. The molecule has 0 aliphatic carbocycles. The van der Waals surface area contributed by atoms with E-state index in [1.165, 1.54) is 0 Å². The summed E-state index contributed by atoms with van der Waals surface area (Å²) in [6.45, 7) is 4.27. The van der Waals surface area contributed by atoms with E-state index in [0.717, 1.165) is 28.9 Å². The minimum atomic E-state index is -0.670. The predicted octanol–water partition coefficient (Wildman–Crippen LogP) is 5.45. The van der Waals surface area contributed by atoms with Crippen LogP contribution in [0.2, 0.25) is 5.02 Å². The van der Waals surface area contributed by atoms with Gasteiger partial charge in [-0.05, 0) is 54.3 Å². The monoisotopic (exact) mass is 492 g/mol. The molecular formula is C29H33ClN2O3. The molecule has 3 aromatic rings. The average Bonchev–Trinajstić information content (AvgIpc) is 2.87. The molecule has 3 rings (SSSR count). The number of rotatable bonds is 11. The highest BCUT2D eigenvalue weighted by atomic mass is 35.5. The maximum atomic E-state index is 13.7. The number of nitrogens with zero attached hydrogens (tertiary/aromatic N) is 1. The van der Waals surface area contributed by atoms with Gasteiger partial charge in [-0.15, -0.1) is 0 Å². The van der Waals surface area contributed by atoms with Crippen molar-refractivity contribution in [1.29, 1.82) is 0 Å². The fraction of sp³-hybridized carbons (Fsp3) is 0.310. The molecule has 184 valence electrons. The molecule has 0 saturated heterocycles. The fourth-order valence-corrected chi connectivity index (χ4v) is 4.06. The molecule has 0 saturated carbocycles. The Kier molecular flexibility index (Phi) is 9.74. The average molecular weight is 493 g/mol. The number of ether oxygens (including phenoxy) is 1. The van der Waals surface area contributed by atoms with E-state index in [9.17, 15) is 9.59 Å². The van der Waals surface area contributed by atoms with Crippen LogP contribution < -0.4 is 10.1 Å². The minimum absolute atomic E-state index is 0.00508. The summed E-state index contributed by atoms with van der Waals surface area (Å²) in [5.41, 5.74) is 2.72. The van der Waals surface area contributed by atoms with Gasteiger partial charge in [-0.25, -0.2) is 0 Å². The lowest BCUT2D eigenvalue weighted by Crippen LogP contribution is -2.52. The topological polar surface area (TPSA) is 58.6 Å². The quantitative estimate of drug-likeness (QED) is 0.387. The first-order chi connectivity index (χ1) is 16.9. The second-order valence-corrected chi connectivity index (χ2v) is 9.14. The van der Waals surface area contributed by atoms with E-state index in [2.05, 4.69) is 5.32 Å². The SMILES string of the molecule is CC[C@H](C)NC(=O)[C@@H](Cc1ccccc1)N(Cc1cccc(Cl)c1)C(=O)Cc1ccc(OC)cc1. The third-order valence-corrected chi connectivity index (χ3v) is 6.26. The molecule has 5 nitrogen and oxygen atoms in total. The van der Waals surface area contributed by atoms with E-state index in [-0.39, 0.29) is 30.8 Å². The lowest BCUT2D eigenvalue weighted by Gasteiger charge is -2.32. The molecule has 0 spiro atoms. The van der Waals surface area contributed by atoms with Gasteiger partial charge in [0.05, 0.1) is 13.5 Å². The maximum Gasteiger partial charge on any atom is 0.243 e. The molecule has 0 radical (unpaired) electrons. The van der Waals surface area contributed by atoms with Crippen molar-refractivity contribution in [1.82, 2.24) is 10.2 Å². The predicted molar refractivity (Wildman–Crippen MR) is 141 cm³/mol. The van der Waals surface area contributed by atoms with Crippen molar-refractivity contribution in [3.63, 3.8) is 0 Å². The third-order valence-electron chi connectivity index (χ3n) is 6.03. The van der Waals surface area contributed by atoms with E-state index in [1.54, 1.807) is 18.1 Å². The van der Waals surface area contributed by atoms with Crippen molar-refractivity contribution >= 4 is 23.4 Å². The molecule has 2 atom stereocenters. The van der Waals surface area contributed by atoms with Crippen LogP contribution in [0.1, 0.15) is 37.0 Å². The van der Waals surface area contributed by atoms with Crippen molar-refractivity contribution < 1.29 is 14.3 Å². The van der Waals surface area contributed by atoms with Crippen molar-refractivity contribution in [3.8, 4) is 5.75 Å². The normalized spacial score (nSPS) is 12.5. The highest BCUT2D eigenvalue weighted by Gasteiger charge is 2.31. The first kappa shape index (κ1) is 26.3. The Morgan fingerprint density at radius 3 is 2.26 bits per heavy atom. The molecule has 2 amide bonds. The van der Waals surface area contributed by atoms with Gasteiger partial charge in [0, 0.05) is 24.0 Å². The Balaban J connectivity index is 1.95. The number of amides is 2. The summed E-state index contributed by atoms with van der Waals surface area (Å²) in [7, 11) is 1.61. The van der Waals surface area contributed by atoms with Crippen LogP contribution in [-0.4, -0.2) is 35.9 Å². The minimum Gasteiger partial charge on any atom is -0.497 e. The molecule has 1 N–H and O–H groups in total. The largest absolute Gasteiger partial charge is 0.497 e. The van der Waals surface area contributed by atoms with Crippen LogP contribution in [0.15, 0.2) is 78.9 Å². The summed E-state index contributed by atoms with van der Waals surface area (Å²) in [5.74, 6) is 0.440. The van der Waals surface area contributed by atoms with Crippen LogP contribution in [0.3, 0.4) is 0 Å². The first-order valence-corrected chi connectivity index (χ1v) is 12.3. The van der Waals surface area contributed by atoms with E-state index < -0.39 is 6.04 Å². The molecule has 0 heterocycles. The molecule has 0 bridgehead atoms. The van der Waals surface area contributed by atoms with Crippen LogP contribution in [0.25, 0.3) is 0 Å². The van der Waals surface area contributed by atoms with Gasteiger partial charge < -0.3 is 15.0 Å². The zero-order chi connectivity index (χ0) is 25.2. The van der Waals surface area contributed by atoms with Crippen molar-refractivity contribution in [2.45, 2.75) is 51.7 Å². The zero-order valence-corrected chi connectivity index (χ0v) is 21.3. The molecule has 3 aromatic carbocycles. The molecular weight excluding hydrogens is 460 g/mol. The van der Waals surface area contributed by atoms with E-state index >= 15 is 0 Å². The van der Waals surface area contributed by atoms with Gasteiger partial charge in [0.15, 0.2) is 0 Å². The summed E-state index contributed by atoms with van der Waals surface area (Å²) < 4.78 is 5.23. The van der Waals surface area contributed by atoms with Crippen LogP contribution in [0.5, 0.6) is 5.75 Å². The van der Waals surface area contributed by atoms with Crippen molar-refractivity contribution in [3.05, 3.63) is 101 Å². The number of hydrogen-bond donors (Lipinski definition) is 1. The molecule has 0 aromatic heterocycles. The van der Waals surface area contributed by atoms with Crippen LogP contribution in [0, 0.1) is 0 Å². The van der Waals surface area contributed by atoms with Crippen LogP contribution in [-0.2, 0) is 29.0 Å². The summed E-state index contributed by atoms with van der Waals surface area (Å²) in [5, 5.41) is 3.68. The van der Waals surface area contributed by atoms with Crippen molar-refractivity contribution in [2.75, 3.05) is 7.11 Å². The van der Waals surface area contributed by atoms with Gasteiger partial charge in [-0.1, -0.05) is 73.1 Å². The summed E-state index contributed by atoms with van der Waals surface area (Å²) in [4.78, 5) is 28.9. The number of benzene rings is 3. The zero-order valence-electron chi connectivity index (χ0n) is 20.5. The number of methoxy groups -OCH3 is 1. The van der Waals surface area contributed by atoms with Gasteiger partial charge in [-0.2, -0.15) is 0 Å². The molecule has 0 aliphatic heterocycles. The van der Waals surface area contributed by atoms with Crippen LogP contribution in [0.4, 0.5) is 0 Å². The molecule has 0 fully saturated rings. The van der Waals surface area contributed by atoms with Gasteiger partial charge in [0.2, 0.25) is 11.8 Å². The number of carbonyl (C=O) groups excluding carboxylic acids is 2. The Hall–Kier alpha value is -3.31. The highest BCUT2D eigenvalue weighted by molar-refractivity contribution is 6.30. The summed E-state index contributed by atoms with van der Waals surface area (Å²) in [6, 6.07) is 24.0. The van der Waals surface area contributed by atoms with E-state index in [4.69, 9.17) is 16.3 Å². The lowest BCUT2D eigenvalue weighted by molar-refractivity contribution is -0.141. The molecule has 0 unspecified atom stereocenters. The van der Waals surface area contributed by atoms with Gasteiger partial charge in [0.25, 0.3) is 0 Å². The number of nitrogens with one attached hydrogen (secondary N) is 1. The molecule has 6 heteroatoms. The Morgan fingerprint density at radius 1 is 0.943 bits per heavy atom. The number of hydrogen-bond acceptors (Lipinski definition) is 3. The number of halogens is 1. The van der Waals surface area contributed by atoms with E-state index in [1.807, 2.05) is 86.6 Å². The Labute approximate surface area is 213 Å². The van der Waals surface area contributed by atoms with Gasteiger partial charge >= 0.3 is 0 Å². The van der Waals surface area contributed by atoms with Gasteiger partial charge in [0.1, 0.15) is 11.8 Å². The van der Waals surface area contributed by atoms with E-state index in [0.29, 0.717) is 11.4 Å². The Morgan fingerprint density at radius 2 is 1.63 bits per heavy atom. The van der Waals surface area contributed by atoms with Gasteiger partial charge in [-0.3, -0.25) is 9.59 Å². The molecule has 35 heavy (non-hydrogen) atoms. The third kappa shape index (κ3) is 7.86. The fourth-order valence-electron chi connectivity index (χ4n) is 3.85. The second kappa shape index (κ2) is 13.0. The number of carbonyl (C=O) groups is 2. The van der Waals surface area contributed by atoms with Crippen LogP contribution >= 0.6 is 11.6 Å². The highest BCUT2D eigenvalue weighted by Crippen LogP contribution is 2.20. The van der Waals surface area contributed by atoms with Crippen molar-refractivity contribution in [2.24, 2.45) is 0 Å². The smallest absolute Gasteiger partial charge is 0.243 e. The summed E-state index contributed by atoms with van der Waals surface area (Å²) >= 11 is 6.23.